The van der Waals surface area contributed by atoms with E-state index < -0.39 is 22.8 Å². The third kappa shape index (κ3) is 5.31. The van der Waals surface area contributed by atoms with Gasteiger partial charge in [-0.25, -0.2) is 13.4 Å². The Balaban J connectivity index is 1.88. The molecule has 0 saturated heterocycles. The average molecular weight is 615 g/mol. The number of nitrogens with zero attached hydrogens (tertiary/aromatic N) is 3. The first-order valence-corrected chi connectivity index (χ1v) is 19.5. The number of benzene rings is 3. The van der Waals surface area contributed by atoms with E-state index in [0.717, 1.165) is 33.6 Å². The molecule has 0 bridgehead atoms. The molecule has 0 aliphatic carbocycles. The van der Waals surface area contributed by atoms with E-state index in [9.17, 15) is 5.26 Å². The minimum absolute atomic E-state index is 0.0674. The van der Waals surface area contributed by atoms with Crippen LogP contribution in [0.1, 0.15) is 33.6 Å². The van der Waals surface area contributed by atoms with E-state index in [1.807, 2.05) is 32.9 Å². The number of nitriles is 1. The molecule has 1 N–H and O–H groups in total. The van der Waals surface area contributed by atoms with Crippen molar-refractivity contribution in [2.45, 2.75) is 63.0 Å². The van der Waals surface area contributed by atoms with Crippen LogP contribution in [0.15, 0.2) is 65.7 Å². The van der Waals surface area contributed by atoms with E-state index in [2.05, 4.69) is 30.7 Å². The van der Waals surface area contributed by atoms with Crippen molar-refractivity contribution in [1.29, 1.82) is 5.26 Å². The van der Waals surface area contributed by atoms with Gasteiger partial charge in [0.25, 0.3) is 4.93 Å². The van der Waals surface area contributed by atoms with Gasteiger partial charge in [0.15, 0.2) is 5.82 Å². The number of rotatable bonds is 10. The van der Waals surface area contributed by atoms with Crippen LogP contribution in [0.5, 0.6) is 0 Å². The molecule has 0 saturated carbocycles. The first-order chi connectivity index (χ1) is 20.3. The van der Waals surface area contributed by atoms with Gasteiger partial charge >= 0.3 is 0 Å². The number of H-pyrrole nitrogens is 1. The summed E-state index contributed by atoms with van der Waals surface area (Å²) >= 11 is 0. The van der Waals surface area contributed by atoms with E-state index in [-0.39, 0.29) is 17.5 Å². The van der Waals surface area contributed by atoms with Crippen molar-refractivity contribution in [3.05, 3.63) is 94.4 Å². The van der Waals surface area contributed by atoms with Gasteiger partial charge in [0.05, 0.1) is 27.6 Å². The van der Waals surface area contributed by atoms with E-state index in [4.69, 9.17) is 14.5 Å². The fourth-order valence-electron chi connectivity index (χ4n) is 5.69. The predicted octanol–water partition coefficient (Wildman–Crippen LogP) is 6.95. The van der Waals surface area contributed by atoms with Crippen LogP contribution in [0, 0.1) is 32.1 Å². The van der Waals surface area contributed by atoms with Gasteiger partial charge in [0, 0.05) is 44.5 Å². The number of hydrogen-bond donors (Lipinski definition) is 1. The molecular formula is C33H38N4O4SSi. The molecule has 5 rings (SSSR count). The van der Waals surface area contributed by atoms with Crippen LogP contribution in [0.3, 0.4) is 0 Å². The molecule has 0 fully saturated rings. The number of nitrogens with one attached hydrogen (secondary N) is 1. The van der Waals surface area contributed by atoms with Crippen LogP contribution in [0.4, 0.5) is 0 Å². The topological polar surface area (TPSA) is 110 Å². The second kappa shape index (κ2) is 11.4. The molecule has 43 heavy (non-hydrogen) atoms. The average Bonchev–Trinajstić information content (AvgIpc) is 3.58. The van der Waals surface area contributed by atoms with Crippen molar-refractivity contribution in [3.8, 4) is 6.07 Å². The zero-order chi connectivity index (χ0) is 31.2. The van der Waals surface area contributed by atoms with Gasteiger partial charge < -0.3 is 19.0 Å². The second-order valence-electron chi connectivity index (χ2n) is 12.3. The van der Waals surface area contributed by atoms with Gasteiger partial charge in [-0.05, 0) is 74.3 Å². The molecule has 0 aliphatic rings. The van der Waals surface area contributed by atoms with Gasteiger partial charge in [-0.15, -0.1) is 0 Å². The third-order valence-corrected chi connectivity index (χ3v) is 11.9. The molecule has 224 valence electrons. The second-order valence-corrected chi connectivity index (χ2v) is 20.0. The molecule has 10 heteroatoms. The monoisotopic (exact) mass is 614 g/mol. The first kappa shape index (κ1) is 30.7. The Hall–Kier alpha value is -3.75. The summed E-state index contributed by atoms with van der Waals surface area (Å²) in [6.07, 6.45) is 1.81. The number of imidazole rings is 1. The highest BCUT2D eigenvalue weighted by Gasteiger charge is 2.54. The van der Waals surface area contributed by atoms with Crippen molar-refractivity contribution in [3.63, 3.8) is 0 Å². The number of sulfone groups is 1. The number of hydrogen-bond acceptors (Lipinski definition) is 6. The fourth-order valence-corrected chi connectivity index (χ4v) is 8.43. The first-order valence-electron chi connectivity index (χ1n) is 14.3. The summed E-state index contributed by atoms with van der Waals surface area (Å²) in [6.45, 7) is 13.2. The number of aromatic amines is 1. The van der Waals surface area contributed by atoms with Crippen LogP contribution in [-0.4, -0.2) is 44.7 Å². The summed E-state index contributed by atoms with van der Waals surface area (Å²) in [5.41, 5.74) is 5.54. The molecule has 1 unspecified atom stereocenters. The quantitative estimate of drug-likeness (QED) is 0.135. The molecule has 0 radical (unpaired) electrons. The third-order valence-electron chi connectivity index (χ3n) is 7.95. The summed E-state index contributed by atoms with van der Waals surface area (Å²) in [5, 5.41) is 10.4. The maximum Gasteiger partial charge on any atom is 0.258 e. The highest BCUT2D eigenvalue weighted by atomic mass is 32.2. The molecule has 2 aromatic heterocycles. The van der Waals surface area contributed by atoms with Crippen molar-refractivity contribution >= 4 is 39.8 Å². The molecule has 5 aromatic rings. The van der Waals surface area contributed by atoms with E-state index in [1.54, 1.807) is 53.2 Å². The van der Waals surface area contributed by atoms with Crippen LogP contribution in [0.2, 0.25) is 25.7 Å². The molecule has 0 aliphatic heterocycles. The Morgan fingerprint density at radius 2 is 1.74 bits per heavy atom. The Morgan fingerprint density at radius 1 is 1.02 bits per heavy atom. The molecule has 2 heterocycles. The summed E-state index contributed by atoms with van der Waals surface area (Å²) < 4.78 is 44.6. The van der Waals surface area contributed by atoms with Crippen LogP contribution in [0.25, 0.3) is 21.9 Å². The summed E-state index contributed by atoms with van der Waals surface area (Å²) in [6, 6.07) is 18.9. The fraction of sp³-hybridized carbons (Fsp3) is 0.333. The zero-order valence-corrected chi connectivity index (χ0v) is 27.6. The molecule has 8 nitrogen and oxygen atoms in total. The predicted molar refractivity (Wildman–Crippen MR) is 172 cm³/mol. The largest absolute Gasteiger partial charge is 0.361 e. The lowest BCUT2D eigenvalue weighted by Crippen LogP contribution is -2.43. The Bertz CT molecular complexity index is 1960. The number of fused-ring (bicyclic) bond motifs is 2. The van der Waals surface area contributed by atoms with Crippen molar-refractivity contribution < 1.29 is 17.9 Å². The Kier molecular flexibility index (Phi) is 8.13. The van der Waals surface area contributed by atoms with Crippen molar-refractivity contribution in [1.82, 2.24) is 14.5 Å². The lowest BCUT2D eigenvalue weighted by Gasteiger charge is -2.34. The van der Waals surface area contributed by atoms with Crippen molar-refractivity contribution in [2.75, 3.05) is 13.7 Å². The molecule has 0 spiro atoms. The lowest BCUT2D eigenvalue weighted by atomic mass is 9.95. The zero-order valence-electron chi connectivity index (χ0n) is 25.8. The smallest absolute Gasteiger partial charge is 0.258 e. The highest BCUT2D eigenvalue weighted by Crippen LogP contribution is 2.47. The SMILES string of the molecule is COC(c1c(C)cc(C)c2[nH]ccc12)(c1nc2cc(C#N)ccc2n1COCC[Si](C)(C)C)S(=O)(=O)c1ccc(C)cc1. The minimum atomic E-state index is -4.31. The maximum absolute atomic E-state index is 15.1. The van der Waals surface area contributed by atoms with Crippen molar-refractivity contribution in [2.24, 2.45) is 0 Å². The number of aromatic nitrogens is 3. The molecule has 1 atom stereocenters. The molecule has 0 amide bonds. The van der Waals surface area contributed by atoms with Gasteiger partial charge in [-0.3, -0.25) is 0 Å². The van der Waals surface area contributed by atoms with E-state index in [1.165, 1.54) is 7.11 Å². The van der Waals surface area contributed by atoms with Crippen LogP contribution in [-0.2, 0) is 31.0 Å². The summed E-state index contributed by atoms with van der Waals surface area (Å²) in [4.78, 5) is 6.29. The standard InChI is InChI=1S/C33H38N4O4SSi/c1-22-8-11-26(12-9-22)42(38,39)33(40-4,30-23(2)18-24(3)31-27(30)14-15-35-31)32-36-28-19-25(20-34)10-13-29(28)37(32)21-41-16-17-43(5,6)7/h8-15,18-19,35H,16-17,21H2,1-7H3. The van der Waals surface area contributed by atoms with Crippen LogP contribution >= 0.6 is 0 Å². The highest BCUT2D eigenvalue weighted by molar-refractivity contribution is 7.92. The Labute approximate surface area is 254 Å². The molecule has 3 aromatic carbocycles. The maximum atomic E-state index is 15.1. The minimum Gasteiger partial charge on any atom is -0.361 e. The Morgan fingerprint density at radius 3 is 2.40 bits per heavy atom. The molecular weight excluding hydrogens is 577 g/mol. The van der Waals surface area contributed by atoms with Crippen LogP contribution < -0.4 is 0 Å². The van der Waals surface area contributed by atoms with Gasteiger partial charge in [-0.2, -0.15) is 5.26 Å². The normalized spacial score (nSPS) is 13.8. The number of aryl methyl sites for hydroxylation is 3. The van der Waals surface area contributed by atoms with E-state index >= 15 is 8.42 Å². The lowest BCUT2D eigenvalue weighted by molar-refractivity contribution is 0.0580. The number of ether oxygens (including phenoxy) is 2. The van der Waals surface area contributed by atoms with Gasteiger partial charge in [-0.1, -0.05) is 43.4 Å². The number of methoxy groups -OCH3 is 1. The van der Waals surface area contributed by atoms with Gasteiger partial charge in [0.1, 0.15) is 6.73 Å². The van der Waals surface area contributed by atoms with Gasteiger partial charge in [0.2, 0.25) is 9.84 Å². The summed E-state index contributed by atoms with van der Waals surface area (Å²) in [7, 11) is -4.28. The summed E-state index contributed by atoms with van der Waals surface area (Å²) in [5.74, 6) is 0.170. The van der Waals surface area contributed by atoms with E-state index in [0.29, 0.717) is 28.8 Å².